The van der Waals surface area contributed by atoms with Gasteiger partial charge < -0.3 is 9.84 Å². The number of carboxylic acids is 1. The number of halogens is 1. The Bertz CT molecular complexity index is 424. The number of hydrogen-bond acceptors (Lipinski definition) is 2. The number of hydrogen-bond donors (Lipinski definition) is 1. The van der Waals surface area contributed by atoms with E-state index in [1.165, 1.54) is 0 Å². The lowest BCUT2D eigenvalue weighted by Gasteiger charge is -2.41. The summed E-state index contributed by atoms with van der Waals surface area (Å²) in [6.07, 6.45) is 0.129. The highest BCUT2D eigenvalue weighted by Gasteiger charge is 2.43. The van der Waals surface area contributed by atoms with E-state index in [0.717, 1.165) is 15.6 Å². The summed E-state index contributed by atoms with van der Waals surface area (Å²) in [5.41, 5.74) is 1.86. The van der Waals surface area contributed by atoms with Gasteiger partial charge >= 0.3 is 5.97 Å². The lowest BCUT2D eigenvalue weighted by molar-refractivity contribution is -0.145. The minimum atomic E-state index is -0.775. The molecule has 1 heterocycles. The predicted octanol–water partition coefficient (Wildman–Crippen LogP) is 2.50. The third-order valence-electron chi connectivity index (χ3n) is 3.02. The molecule has 0 amide bonds. The molecule has 2 rings (SSSR count). The fourth-order valence-corrected chi connectivity index (χ4v) is 2.52. The lowest BCUT2D eigenvalue weighted by Crippen LogP contribution is -2.48. The van der Waals surface area contributed by atoms with E-state index in [2.05, 4.69) is 15.9 Å². The van der Waals surface area contributed by atoms with Gasteiger partial charge in [-0.3, -0.25) is 4.79 Å². The number of benzene rings is 1. The van der Waals surface area contributed by atoms with E-state index in [0.29, 0.717) is 13.2 Å². The molecule has 3 nitrogen and oxygen atoms in total. The minimum Gasteiger partial charge on any atom is -0.481 e. The second-order valence-electron chi connectivity index (χ2n) is 4.30. The van der Waals surface area contributed by atoms with Crippen molar-refractivity contribution in [3.05, 3.63) is 33.8 Å². The first-order valence-corrected chi connectivity index (χ1v) is 5.89. The van der Waals surface area contributed by atoms with Crippen LogP contribution in [0.1, 0.15) is 17.5 Å². The highest BCUT2D eigenvalue weighted by atomic mass is 79.9. The first kappa shape index (κ1) is 11.6. The minimum absolute atomic E-state index is 0.129. The molecule has 0 radical (unpaired) electrons. The van der Waals surface area contributed by atoms with Crippen molar-refractivity contribution in [3.8, 4) is 0 Å². The molecule has 0 bridgehead atoms. The zero-order valence-corrected chi connectivity index (χ0v) is 10.6. The molecule has 1 N–H and O–H groups in total. The average molecular weight is 285 g/mol. The fourth-order valence-electron chi connectivity index (χ4n) is 2.16. The number of carbonyl (C=O) groups is 1. The van der Waals surface area contributed by atoms with Gasteiger partial charge in [-0.05, 0) is 30.2 Å². The molecule has 1 aromatic rings. The van der Waals surface area contributed by atoms with Gasteiger partial charge in [-0.25, -0.2) is 0 Å². The summed E-state index contributed by atoms with van der Waals surface area (Å²) in [5.74, 6) is -0.775. The van der Waals surface area contributed by atoms with Crippen molar-refractivity contribution in [2.24, 2.45) is 0 Å². The van der Waals surface area contributed by atoms with Crippen LogP contribution in [0.5, 0.6) is 0 Å². The molecule has 1 fully saturated rings. The standard InChI is InChI=1S/C12H13BrO3/c1-8-2-3-9(13)4-10(8)12(5-11(14)15)6-16-7-12/h2-4H,5-7H2,1H3,(H,14,15). The van der Waals surface area contributed by atoms with Gasteiger partial charge in [0.25, 0.3) is 0 Å². The Labute approximate surface area is 103 Å². The zero-order chi connectivity index (χ0) is 11.8. The Morgan fingerprint density at radius 2 is 2.25 bits per heavy atom. The Morgan fingerprint density at radius 1 is 1.56 bits per heavy atom. The highest BCUT2D eigenvalue weighted by molar-refractivity contribution is 9.10. The Balaban J connectivity index is 2.39. The molecule has 0 unspecified atom stereocenters. The van der Waals surface area contributed by atoms with Gasteiger partial charge in [0.15, 0.2) is 0 Å². The SMILES string of the molecule is Cc1ccc(Br)cc1C1(CC(=O)O)COC1. The molecule has 0 spiro atoms. The molecule has 16 heavy (non-hydrogen) atoms. The number of aryl methyl sites for hydroxylation is 1. The first-order chi connectivity index (χ1) is 7.53. The molecule has 1 aliphatic rings. The van der Waals surface area contributed by atoms with Gasteiger partial charge in [-0.2, -0.15) is 0 Å². The fraction of sp³-hybridized carbons (Fsp3) is 0.417. The van der Waals surface area contributed by atoms with Crippen LogP contribution in [0, 0.1) is 6.92 Å². The van der Waals surface area contributed by atoms with E-state index in [9.17, 15) is 4.79 Å². The van der Waals surface area contributed by atoms with E-state index in [1.807, 2.05) is 25.1 Å². The van der Waals surface area contributed by atoms with Gasteiger partial charge in [-0.15, -0.1) is 0 Å². The predicted molar refractivity (Wildman–Crippen MR) is 63.6 cm³/mol. The number of carboxylic acid groups (broad SMARTS) is 1. The Hall–Kier alpha value is -0.870. The van der Waals surface area contributed by atoms with Crippen LogP contribution < -0.4 is 0 Å². The molecule has 86 valence electrons. The molecular formula is C12H13BrO3. The van der Waals surface area contributed by atoms with Gasteiger partial charge in [0.1, 0.15) is 0 Å². The van der Waals surface area contributed by atoms with Gasteiger partial charge in [0.2, 0.25) is 0 Å². The monoisotopic (exact) mass is 284 g/mol. The summed E-state index contributed by atoms with van der Waals surface area (Å²) >= 11 is 3.42. The van der Waals surface area contributed by atoms with E-state index >= 15 is 0 Å². The van der Waals surface area contributed by atoms with E-state index < -0.39 is 5.97 Å². The summed E-state index contributed by atoms with van der Waals surface area (Å²) in [5, 5.41) is 8.97. The largest absolute Gasteiger partial charge is 0.481 e. The molecule has 0 atom stereocenters. The summed E-state index contributed by atoms with van der Waals surface area (Å²) in [7, 11) is 0. The Kier molecular flexibility index (Phi) is 3.04. The van der Waals surface area contributed by atoms with E-state index in [-0.39, 0.29) is 11.8 Å². The van der Waals surface area contributed by atoms with Crippen molar-refractivity contribution in [1.82, 2.24) is 0 Å². The van der Waals surface area contributed by atoms with Gasteiger partial charge in [-0.1, -0.05) is 22.0 Å². The van der Waals surface area contributed by atoms with Gasteiger partial charge in [0, 0.05) is 4.47 Å². The number of ether oxygens (including phenoxy) is 1. The van der Waals surface area contributed by atoms with Crippen molar-refractivity contribution in [2.45, 2.75) is 18.8 Å². The quantitative estimate of drug-likeness (QED) is 0.928. The van der Waals surface area contributed by atoms with Crippen LogP contribution >= 0.6 is 15.9 Å². The summed E-state index contributed by atoms with van der Waals surface area (Å²) in [6.45, 7) is 3.00. The highest BCUT2D eigenvalue weighted by Crippen LogP contribution is 2.38. The molecule has 4 heteroatoms. The summed E-state index contributed by atoms with van der Waals surface area (Å²) in [6, 6.07) is 5.97. The van der Waals surface area contributed by atoms with Crippen LogP contribution in [-0.4, -0.2) is 24.3 Å². The van der Waals surface area contributed by atoms with Crippen LogP contribution in [-0.2, 0) is 14.9 Å². The summed E-state index contributed by atoms with van der Waals surface area (Å²) in [4.78, 5) is 10.9. The maximum absolute atomic E-state index is 10.9. The molecule has 0 saturated carbocycles. The molecular weight excluding hydrogens is 272 g/mol. The van der Waals surface area contributed by atoms with Crippen molar-refractivity contribution in [2.75, 3.05) is 13.2 Å². The number of rotatable bonds is 3. The smallest absolute Gasteiger partial charge is 0.304 e. The second-order valence-corrected chi connectivity index (χ2v) is 5.22. The second kappa shape index (κ2) is 4.18. The van der Waals surface area contributed by atoms with Crippen molar-refractivity contribution >= 4 is 21.9 Å². The van der Waals surface area contributed by atoms with Crippen molar-refractivity contribution in [3.63, 3.8) is 0 Å². The first-order valence-electron chi connectivity index (χ1n) is 5.10. The van der Waals surface area contributed by atoms with Crippen LogP contribution in [0.4, 0.5) is 0 Å². The van der Waals surface area contributed by atoms with Crippen LogP contribution in [0.2, 0.25) is 0 Å². The van der Waals surface area contributed by atoms with Crippen molar-refractivity contribution in [1.29, 1.82) is 0 Å². The number of aliphatic carboxylic acids is 1. The van der Waals surface area contributed by atoms with Crippen LogP contribution in [0.3, 0.4) is 0 Å². The maximum Gasteiger partial charge on any atom is 0.304 e. The topological polar surface area (TPSA) is 46.5 Å². The van der Waals surface area contributed by atoms with Crippen LogP contribution in [0.25, 0.3) is 0 Å². The lowest BCUT2D eigenvalue weighted by atomic mass is 9.74. The maximum atomic E-state index is 10.9. The van der Waals surface area contributed by atoms with E-state index in [4.69, 9.17) is 9.84 Å². The third kappa shape index (κ3) is 1.99. The molecule has 1 aliphatic heterocycles. The molecule has 1 aromatic carbocycles. The van der Waals surface area contributed by atoms with Crippen molar-refractivity contribution < 1.29 is 14.6 Å². The van der Waals surface area contributed by atoms with Crippen LogP contribution in [0.15, 0.2) is 22.7 Å². The molecule has 0 aliphatic carbocycles. The Morgan fingerprint density at radius 3 is 2.75 bits per heavy atom. The van der Waals surface area contributed by atoms with Gasteiger partial charge in [0.05, 0.1) is 25.0 Å². The third-order valence-corrected chi connectivity index (χ3v) is 3.51. The zero-order valence-electron chi connectivity index (χ0n) is 9.00. The molecule has 1 saturated heterocycles. The average Bonchev–Trinajstić information content (AvgIpc) is 2.15. The molecule has 0 aromatic heterocycles. The summed E-state index contributed by atoms with van der Waals surface area (Å²) < 4.78 is 6.19. The normalized spacial score (nSPS) is 17.9. The van der Waals surface area contributed by atoms with E-state index in [1.54, 1.807) is 0 Å².